The Labute approximate surface area is 179 Å². The number of alkyl carbamates (subject to hydrolysis) is 2. The van der Waals surface area contributed by atoms with Gasteiger partial charge in [0.25, 0.3) is 0 Å². The average Bonchev–Trinajstić information content (AvgIpc) is 2.76. The fourth-order valence-electron chi connectivity index (χ4n) is 2.97. The maximum Gasteiger partial charge on any atom is 0.407 e. The van der Waals surface area contributed by atoms with Gasteiger partial charge in [0, 0.05) is 13.1 Å². The molecule has 0 heterocycles. The molecule has 0 bridgehead atoms. The lowest BCUT2D eigenvalue weighted by molar-refractivity contribution is 0.106. The molecule has 6 nitrogen and oxygen atoms in total. The van der Waals surface area contributed by atoms with Crippen LogP contribution in [-0.4, -0.2) is 25.3 Å². The highest BCUT2D eigenvalue weighted by molar-refractivity contribution is 5.67. The minimum atomic E-state index is -0.400. The van der Waals surface area contributed by atoms with Crippen molar-refractivity contribution in [1.82, 2.24) is 10.6 Å². The van der Waals surface area contributed by atoms with E-state index >= 15 is 0 Å². The van der Waals surface area contributed by atoms with Crippen LogP contribution >= 0.6 is 0 Å². The average molecular weight is 413 g/mol. The molecular formula is C24H32N2O4. The Balaban J connectivity index is 1.46. The van der Waals surface area contributed by atoms with Crippen molar-refractivity contribution in [2.45, 2.75) is 51.7 Å². The summed E-state index contributed by atoms with van der Waals surface area (Å²) < 4.78 is 10.7. The van der Waals surface area contributed by atoms with Crippen molar-refractivity contribution in [1.29, 1.82) is 0 Å². The maximum absolute atomic E-state index is 11.8. The summed E-state index contributed by atoms with van der Waals surface area (Å²) in [5.74, 6) is 0. The summed E-state index contributed by atoms with van der Waals surface area (Å²) in [6, 6.07) is 19.3. The Morgan fingerprint density at radius 3 is 1.40 bits per heavy atom. The third kappa shape index (κ3) is 8.99. The molecule has 30 heavy (non-hydrogen) atoms. The minimum Gasteiger partial charge on any atom is -0.442 e. The molecule has 2 aromatic rings. The van der Waals surface area contributed by atoms with Gasteiger partial charge < -0.3 is 20.1 Å². The first-order chi connectivity index (χ1) is 14.6. The molecule has 6 heteroatoms. The number of amides is 2. The molecule has 0 aromatic heterocycles. The molecule has 0 fully saturated rings. The second-order valence-corrected chi connectivity index (χ2v) is 7.18. The van der Waals surface area contributed by atoms with Gasteiger partial charge in [-0.05, 0) is 37.8 Å². The highest BCUT2D eigenvalue weighted by atomic mass is 16.6. The van der Waals surface area contributed by atoms with E-state index in [2.05, 4.69) is 10.6 Å². The number of nitrogens with one attached hydrogen (secondary N) is 2. The molecular weight excluding hydrogens is 380 g/mol. The van der Waals surface area contributed by atoms with Crippen LogP contribution in [0.3, 0.4) is 0 Å². The molecule has 0 aliphatic rings. The minimum absolute atomic E-state index is 0.276. The van der Waals surface area contributed by atoms with Crippen LogP contribution in [0.2, 0.25) is 0 Å². The summed E-state index contributed by atoms with van der Waals surface area (Å²) in [4.78, 5) is 23.7. The summed E-state index contributed by atoms with van der Waals surface area (Å²) in [5, 5.41) is 5.56. The van der Waals surface area contributed by atoms with Crippen LogP contribution in [-0.2, 0) is 9.47 Å². The smallest absolute Gasteiger partial charge is 0.407 e. The lowest BCUT2D eigenvalue weighted by Crippen LogP contribution is -2.27. The predicted octanol–water partition coefficient (Wildman–Crippen LogP) is 5.52. The molecule has 2 rings (SSSR count). The van der Waals surface area contributed by atoms with Gasteiger partial charge in [-0.25, -0.2) is 9.59 Å². The fraction of sp³-hybridized carbons (Fsp3) is 0.417. The summed E-state index contributed by atoms with van der Waals surface area (Å²) in [6.07, 6.45) is 2.31. The van der Waals surface area contributed by atoms with Crippen LogP contribution in [0.5, 0.6) is 0 Å². The Bertz CT molecular complexity index is 687. The van der Waals surface area contributed by atoms with Crippen molar-refractivity contribution in [3.8, 4) is 0 Å². The zero-order valence-electron chi connectivity index (χ0n) is 17.8. The molecule has 2 N–H and O–H groups in total. The van der Waals surface area contributed by atoms with Gasteiger partial charge in [-0.15, -0.1) is 0 Å². The van der Waals surface area contributed by atoms with Gasteiger partial charge in [0.05, 0.1) is 0 Å². The van der Waals surface area contributed by atoms with Crippen LogP contribution in [0.25, 0.3) is 0 Å². The van der Waals surface area contributed by atoms with E-state index in [1.165, 1.54) is 0 Å². The molecule has 0 aliphatic carbocycles. The SMILES string of the molecule is CC(OC(=O)NCCCCCCNC(=O)OC(C)c1ccccc1)c1ccccc1. The number of benzene rings is 2. The van der Waals surface area contributed by atoms with E-state index in [1.807, 2.05) is 74.5 Å². The van der Waals surface area contributed by atoms with Crippen molar-refractivity contribution in [2.75, 3.05) is 13.1 Å². The zero-order chi connectivity index (χ0) is 21.6. The quantitative estimate of drug-likeness (QED) is 0.476. The zero-order valence-corrected chi connectivity index (χ0v) is 17.8. The number of rotatable bonds is 11. The number of hydrogen-bond acceptors (Lipinski definition) is 4. The van der Waals surface area contributed by atoms with E-state index in [0.29, 0.717) is 13.1 Å². The molecule has 2 aromatic carbocycles. The molecule has 0 saturated heterocycles. The Hall–Kier alpha value is -3.02. The standard InChI is InChI=1S/C24H32N2O4/c1-19(21-13-7-5-8-14-21)29-23(27)25-17-11-3-4-12-18-26-24(28)30-20(2)22-15-9-6-10-16-22/h5-10,13-16,19-20H,3-4,11-12,17-18H2,1-2H3,(H,25,27)(H,26,28). The molecule has 2 unspecified atom stereocenters. The van der Waals surface area contributed by atoms with Crippen LogP contribution in [0.1, 0.15) is 62.9 Å². The van der Waals surface area contributed by atoms with Gasteiger partial charge in [0.1, 0.15) is 12.2 Å². The van der Waals surface area contributed by atoms with Crippen molar-refractivity contribution in [2.24, 2.45) is 0 Å². The molecule has 2 amide bonds. The van der Waals surface area contributed by atoms with E-state index in [4.69, 9.17) is 9.47 Å². The van der Waals surface area contributed by atoms with Gasteiger partial charge in [0.2, 0.25) is 0 Å². The van der Waals surface area contributed by atoms with Gasteiger partial charge in [-0.1, -0.05) is 73.5 Å². The Kier molecular flexibility index (Phi) is 10.3. The van der Waals surface area contributed by atoms with E-state index < -0.39 is 12.2 Å². The van der Waals surface area contributed by atoms with Crippen molar-refractivity contribution >= 4 is 12.2 Å². The number of unbranched alkanes of at least 4 members (excludes halogenated alkanes) is 3. The third-order valence-electron chi connectivity index (χ3n) is 4.75. The second kappa shape index (κ2) is 13.2. The van der Waals surface area contributed by atoms with Crippen LogP contribution in [0, 0.1) is 0 Å². The van der Waals surface area contributed by atoms with E-state index in [9.17, 15) is 9.59 Å². The lowest BCUT2D eigenvalue weighted by atomic mass is 10.1. The second-order valence-electron chi connectivity index (χ2n) is 7.18. The van der Waals surface area contributed by atoms with Crippen LogP contribution in [0.4, 0.5) is 9.59 Å². The van der Waals surface area contributed by atoms with Gasteiger partial charge >= 0.3 is 12.2 Å². The predicted molar refractivity (Wildman–Crippen MR) is 117 cm³/mol. The van der Waals surface area contributed by atoms with Gasteiger partial charge in [0.15, 0.2) is 0 Å². The monoisotopic (exact) mass is 412 g/mol. The normalized spacial score (nSPS) is 12.5. The third-order valence-corrected chi connectivity index (χ3v) is 4.75. The number of carbonyl (C=O) groups is 2. The van der Waals surface area contributed by atoms with E-state index in [-0.39, 0.29) is 12.2 Å². The number of ether oxygens (including phenoxy) is 2. The van der Waals surface area contributed by atoms with E-state index in [0.717, 1.165) is 36.8 Å². The molecule has 2 atom stereocenters. The number of carbonyl (C=O) groups excluding carboxylic acids is 2. The van der Waals surface area contributed by atoms with Gasteiger partial charge in [-0.3, -0.25) is 0 Å². The molecule has 162 valence electrons. The van der Waals surface area contributed by atoms with Crippen molar-refractivity contribution in [3.05, 3.63) is 71.8 Å². The van der Waals surface area contributed by atoms with Crippen LogP contribution < -0.4 is 10.6 Å². The first-order valence-electron chi connectivity index (χ1n) is 10.5. The molecule has 0 spiro atoms. The first-order valence-corrected chi connectivity index (χ1v) is 10.5. The Morgan fingerprint density at radius 2 is 1.03 bits per heavy atom. The van der Waals surface area contributed by atoms with Crippen molar-refractivity contribution < 1.29 is 19.1 Å². The van der Waals surface area contributed by atoms with E-state index in [1.54, 1.807) is 0 Å². The highest BCUT2D eigenvalue weighted by Gasteiger charge is 2.11. The largest absolute Gasteiger partial charge is 0.442 e. The summed E-state index contributed by atoms with van der Waals surface area (Å²) in [6.45, 7) is 4.86. The maximum atomic E-state index is 11.8. The molecule has 0 aliphatic heterocycles. The van der Waals surface area contributed by atoms with Crippen LogP contribution in [0.15, 0.2) is 60.7 Å². The first kappa shape index (κ1) is 23.3. The molecule has 0 radical (unpaired) electrons. The fourth-order valence-corrected chi connectivity index (χ4v) is 2.97. The topological polar surface area (TPSA) is 76.7 Å². The molecule has 0 saturated carbocycles. The summed E-state index contributed by atoms with van der Waals surface area (Å²) in [5.41, 5.74) is 1.94. The summed E-state index contributed by atoms with van der Waals surface area (Å²) >= 11 is 0. The lowest BCUT2D eigenvalue weighted by Gasteiger charge is -2.14. The van der Waals surface area contributed by atoms with Crippen molar-refractivity contribution in [3.63, 3.8) is 0 Å². The highest BCUT2D eigenvalue weighted by Crippen LogP contribution is 2.16. The number of hydrogen-bond donors (Lipinski definition) is 2. The Morgan fingerprint density at radius 1 is 0.667 bits per heavy atom. The summed E-state index contributed by atoms with van der Waals surface area (Å²) in [7, 11) is 0. The van der Waals surface area contributed by atoms with Gasteiger partial charge in [-0.2, -0.15) is 0 Å².